The van der Waals surface area contributed by atoms with E-state index in [0.717, 1.165) is 17.1 Å². The minimum Gasteiger partial charge on any atom is -0.396 e. The molecule has 2 rings (SSSR count). The smallest absolute Gasteiger partial charge is 0.252 e. The highest BCUT2D eigenvalue weighted by Gasteiger charge is 2.12. The molecular weight excluding hydrogens is 216 g/mol. The number of nitriles is 1. The predicted molar refractivity (Wildman–Crippen MR) is 62.5 cm³/mol. The van der Waals surface area contributed by atoms with Gasteiger partial charge < -0.3 is 5.73 Å². The number of aromatic nitrogens is 4. The molecule has 6 nitrogen and oxygen atoms in total. The molecule has 2 aromatic rings. The Labute approximate surface area is 98.7 Å². The third kappa shape index (κ3) is 1.83. The molecule has 0 unspecified atom stereocenters. The second-order valence-electron chi connectivity index (χ2n) is 3.80. The molecule has 0 aliphatic carbocycles. The van der Waals surface area contributed by atoms with Gasteiger partial charge in [-0.1, -0.05) is 0 Å². The van der Waals surface area contributed by atoms with Crippen LogP contribution in [0.2, 0.25) is 0 Å². The summed E-state index contributed by atoms with van der Waals surface area (Å²) in [6.45, 7) is 5.47. The monoisotopic (exact) mass is 228 g/mol. The van der Waals surface area contributed by atoms with E-state index in [2.05, 4.69) is 15.1 Å². The van der Waals surface area contributed by atoms with Crippen LogP contribution < -0.4 is 5.73 Å². The van der Waals surface area contributed by atoms with Crippen molar-refractivity contribution in [3.63, 3.8) is 0 Å². The van der Waals surface area contributed by atoms with Crippen LogP contribution in [0.4, 0.5) is 5.69 Å². The zero-order valence-electron chi connectivity index (χ0n) is 9.89. The highest BCUT2D eigenvalue weighted by atomic mass is 15.4. The molecule has 2 aromatic heterocycles. The molecule has 0 saturated carbocycles. The summed E-state index contributed by atoms with van der Waals surface area (Å²) in [6, 6.07) is 3.62. The number of nitrogens with two attached hydrogens (primary N) is 1. The van der Waals surface area contributed by atoms with E-state index in [0.29, 0.717) is 17.3 Å². The summed E-state index contributed by atoms with van der Waals surface area (Å²) in [5.74, 6) is 0.374. The van der Waals surface area contributed by atoms with Crippen LogP contribution in [0.1, 0.15) is 22.8 Å². The first-order valence-electron chi connectivity index (χ1n) is 5.10. The molecule has 0 aliphatic rings. The third-order valence-corrected chi connectivity index (χ3v) is 2.49. The maximum Gasteiger partial charge on any atom is 0.252 e. The van der Waals surface area contributed by atoms with E-state index in [1.165, 1.54) is 0 Å². The summed E-state index contributed by atoms with van der Waals surface area (Å²) in [6.07, 6.45) is 0. The number of nitrogen functional groups attached to an aromatic ring is 1. The van der Waals surface area contributed by atoms with Gasteiger partial charge in [-0.05, 0) is 26.8 Å². The van der Waals surface area contributed by atoms with E-state index >= 15 is 0 Å². The number of hydrogen-bond acceptors (Lipinski definition) is 5. The van der Waals surface area contributed by atoms with Gasteiger partial charge in [0.15, 0.2) is 0 Å². The van der Waals surface area contributed by atoms with Crippen LogP contribution in [0.25, 0.3) is 5.95 Å². The highest BCUT2D eigenvalue weighted by Crippen LogP contribution is 2.17. The summed E-state index contributed by atoms with van der Waals surface area (Å²) in [7, 11) is 0. The fourth-order valence-corrected chi connectivity index (χ4v) is 1.55. The molecule has 0 aromatic carbocycles. The lowest BCUT2D eigenvalue weighted by atomic mass is 10.3. The summed E-state index contributed by atoms with van der Waals surface area (Å²) in [4.78, 5) is 8.36. The lowest BCUT2D eigenvalue weighted by Crippen LogP contribution is -2.07. The van der Waals surface area contributed by atoms with Gasteiger partial charge in [0.2, 0.25) is 0 Å². The maximum absolute atomic E-state index is 8.87. The molecule has 0 fully saturated rings. The van der Waals surface area contributed by atoms with Crippen LogP contribution in [-0.4, -0.2) is 19.7 Å². The Balaban J connectivity index is 2.65. The van der Waals surface area contributed by atoms with E-state index in [1.54, 1.807) is 17.7 Å². The van der Waals surface area contributed by atoms with Crippen LogP contribution >= 0.6 is 0 Å². The molecule has 0 bridgehead atoms. The van der Waals surface area contributed by atoms with Crippen molar-refractivity contribution in [2.24, 2.45) is 0 Å². The lowest BCUT2D eigenvalue weighted by molar-refractivity contribution is 0.766. The van der Waals surface area contributed by atoms with Gasteiger partial charge in [0.25, 0.3) is 5.95 Å². The van der Waals surface area contributed by atoms with E-state index in [4.69, 9.17) is 11.0 Å². The van der Waals surface area contributed by atoms with Crippen LogP contribution in [-0.2, 0) is 0 Å². The van der Waals surface area contributed by atoms with Crippen molar-refractivity contribution < 1.29 is 0 Å². The molecule has 0 radical (unpaired) electrons. The Hall–Kier alpha value is -2.42. The molecule has 2 heterocycles. The van der Waals surface area contributed by atoms with Gasteiger partial charge in [0.05, 0.1) is 17.1 Å². The van der Waals surface area contributed by atoms with Crippen LogP contribution in [0, 0.1) is 32.1 Å². The molecule has 2 N–H and O–H groups in total. The fourth-order valence-electron chi connectivity index (χ4n) is 1.55. The molecule has 0 spiro atoms. The largest absolute Gasteiger partial charge is 0.396 e. The van der Waals surface area contributed by atoms with Gasteiger partial charge in [-0.25, -0.2) is 14.6 Å². The fraction of sp³-hybridized carbons (Fsp3) is 0.273. The van der Waals surface area contributed by atoms with Crippen molar-refractivity contribution in [3.05, 3.63) is 28.8 Å². The quantitative estimate of drug-likeness (QED) is 0.787. The second kappa shape index (κ2) is 3.87. The first-order chi connectivity index (χ1) is 8.02. The molecule has 6 heteroatoms. The number of nitrogens with zero attached hydrogens (tertiary/aromatic N) is 5. The zero-order valence-corrected chi connectivity index (χ0v) is 9.89. The average Bonchev–Trinajstić information content (AvgIpc) is 2.56. The van der Waals surface area contributed by atoms with Gasteiger partial charge >= 0.3 is 0 Å². The van der Waals surface area contributed by atoms with Crippen LogP contribution in [0.3, 0.4) is 0 Å². The Morgan fingerprint density at radius 1 is 1.29 bits per heavy atom. The summed E-state index contributed by atoms with van der Waals surface area (Å²) in [5, 5.41) is 13.1. The molecule has 86 valence electrons. The third-order valence-electron chi connectivity index (χ3n) is 2.49. The predicted octanol–water partition coefficient (Wildman–Crippen LogP) is 1.04. The summed E-state index contributed by atoms with van der Waals surface area (Å²) in [5.41, 5.74) is 9.00. The van der Waals surface area contributed by atoms with Gasteiger partial charge in [0.1, 0.15) is 11.8 Å². The van der Waals surface area contributed by atoms with Crippen molar-refractivity contribution in [2.45, 2.75) is 20.8 Å². The van der Waals surface area contributed by atoms with Crippen molar-refractivity contribution in [1.82, 2.24) is 19.7 Å². The molecule has 0 amide bonds. The summed E-state index contributed by atoms with van der Waals surface area (Å²) >= 11 is 0. The second-order valence-corrected chi connectivity index (χ2v) is 3.80. The first-order valence-corrected chi connectivity index (χ1v) is 5.10. The zero-order chi connectivity index (χ0) is 12.6. The van der Waals surface area contributed by atoms with Crippen molar-refractivity contribution in [3.8, 4) is 12.0 Å². The van der Waals surface area contributed by atoms with Gasteiger partial charge in [-0.3, -0.25) is 0 Å². The molecule has 0 atom stereocenters. The first kappa shape index (κ1) is 11.1. The van der Waals surface area contributed by atoms with Crippen LogP contribution in [0.15, 0.2) is 6.07 Å². The Kier molecular flexibility index (Phi) is 2.52. The SMILES string of the molecule is Cc1cc(C#N)nc(-n2nc(C)c(N)c2C)n1. The number of rotatable bonds is 1. The average molecular weight is 228 g/mol. The van der Waals surface area contributed by atoms with Crippen molar-refractivity contribution in [1.29, 1.82) is 5.26 Å². The number of hydrogen-bond donors (Lipinski definition) is 1. The standard InChI is InChI=1S/C11H12N6/c1-6-4-9(5-12)15-11(14-6)17-8(3)10(13)7(2)16-17/h4H,13H2,1-3H3. The van der Waals surface area contributed by atoms with Crippen molar-refractivity contribution >= 4 is 5.69 Å². The van der Waals surface area contributed by atoms with Gasteiger partial charge in [0, 0.05) is 5.69 Å². The molecule has 0 saturated heterocycles. The highest BCUT2D eigenvalue weighted by molar-refractivity contribution is 5.48. The maximum atomic E-state index is 8.87. The minimum absolute atomic E-state index is 0.318. The lowest BCUT2D eigenvalue weighted by Gasteiger charge is -2.03. The van der Waals surface area contributed by atoms with Crippen molar-refractivity contribution in [2.75, 3.05) is 5.73 Å². The van der Waals surface area contributed by atoms with E-state index < -0.39 is 0 Å². The molecule has 0 aliphatic heterocycles. The Morgan fingerprint density at radius 2 is 2.00 bits per heavy atom. The normalized spacial score (nSPS) is 10.2. The van der Waals surface area contributed by atoms with E-state index in [1.807, 2.05) is 19.9 Å². The van der Waals surface area contributed by atoms with E-state index in [9.17, 15) is 0 Å². The van der Waals surface area contributed by atoms with Gasteiger partial charge in [-0.2, -0.15) is 10.4 Å². The molecular formula is C11H12N6. The van der Waals surface area contributed by atoms with Crippen LogP contribution in [0.5, 0.6) is 0 Å². The number of aryl methyl sites for hydroxylation is 2. The van der Waals surface area contributed by atoms with E-state index in [-0.39, 0.29) is 0 Å². The minimum atomic E-state index is 0.318. The topological polar surface area (TPSA) is 93.4 Å². The Bertz CT molecular complexity index is 620. The molecule has 17 heavy (non-hydrogen) atoms. The number of anilines is 1. The van der Waals surface area contributed by atoms with Gasteiger partial charge in [-0.15, -0.1) is 0 Å². The Morgan fingerprint density at radius 3 is 2.53 bits per heavy atom. The summed E-state index contributed by atoms with van der Waals surface area (Å²) < 4.78 is 1.55.